The average Bonchev–Trinajstić information content (AvgIpc) is 2.57. The van der Waals surface area contributed by atoms with E-state index in [0.717, 1.165) is 37.4 Å². The first-order valence-electron chi connectivity index (χ1n) is 7.69. The number of anilines is 2. The van der Waals surface area contributed by atoms with Crippen molar-refractivity contribution in [3.63, 3.8) is 0 Å². The molecule has 2 aromatic heterocycles. The van der Waals surface area contributed by atoms with Crippen LogP contribution in [-0.4, -0.2) is 33.9 Å². The van der Waals surface area contributed by atoms with Gasteiger partial charge >= 0.3 is 0 Å². The van der Waals surface area contributed by atoms with Gasteiger partial charge in [0.2, 0.25) is 0 Å². The highest BCUT2D eigenvalue weighted by molar-refractivity contribution is 5.43. The first-order chi connectivity index (χ1) is 10.7. The van der Waals surface area contributed by atoms with Crippen LogP contribution >= 0.6 is 0 Å². The van der Waals surface area contributed by atoms with Crippen LogP contribution in [0, 0.1) is 0 Å². The molecule has 0 saturated carbocycles. The Kier molecular flexibility index (Phi) is 4.37. The molecular formula is C16H21N5O. The van der Waals surface area contributed by atoms with Crippen LogP contribution in [0.25, 0.3) is 0 Å². The third kappa shape index (κ3) is 3.27. The van der Waals surface area contributed by atoms with Crippen molar-refractivity contribution in [3.05, 3.63) is 47.0 Å². The lowest BCUT2D eigenvalue weighted by Crippen LogP contribution is -2.44. The molecule has 0 spiro atoms. The summed E-state index contributed by atoms with van der Waals surface area (Å²) in [6.45, 7) is 1.84. The lowest BCUT2D eigenvalue weighted by Gasteiger charge is -2.36. The van der Waals surface area contributed by atoms with Gasteiger partial charge in [-0.05, 0) is 37.5 Å². The Hall–Kier alpha value is -2.37. The summed E-state index contributed by atoms with van der Waals surface area (Å²) in [6.07, 6.45) is 7.09. The number of hydrogen-bond acceptors (Lipinski definition) is 5. The fraction of sp³-hybridized carbons (Fsp3) is 0.438. The van der Waals surface area contributed by atoms with Gasteiger partial charge in [-0.3, -0.25) is 9.78 Å². The zero-order chi connectivity index (χ0) is 15.4. The molecular weight excluding hydrogens is 278 g/mol. The Bertz CT molecular complexity index is 670. The zero-order valence-corrected chi connectivity index (χ0v) is 12.8. The molecule has 22 heavy (non-hydrogen) atoms. The topological polar surface area (TPSA) is 63.1 Å². The van der Waals surface area contributed by atoms with Gasteiger partial charge in [0.15, 0.2) is 0 Å². The van der Waals surface area contributed by atoms with Crippen molar-refractivity contribution in [2.45, 2.75) is 25.3 Å². The third-order valence-corrected chi connectivity index (χ3v) is 4.09. The predicted molar refractivity (Wildman–Crippen MR) is 87.2 cm³/mol. The molecule has 0 radical (unpaired) electrons. The summed E-state index contributed by atoms with van der Waals surface area (Å²) < 4.78 is 1.40. The van der Waals surface area contributed by atoms with Crippen molar-refractivity contribution in [1.29, 1.82) is 0 Å². The maximum absolute atomic E-state index is 11.5. The molecule has 116 valence electrons. The summed E-state index contributed by atoms with van der Waals surface area (Å²) in [4.78, 5) is 17.8. The molecule has 0 amide bonds. The first-order valence-corrected chi connectivity index (χ1v) is 7.69. The number of piperidine rings is 1. The van der Waals surface area contributed by atoms with Gasteiger partial charge in [0.1, 0.15) is 5.82 Å². The molecule has 6 nitrogen and oxygen atoms in total. The van der Waals surface area contributed by atoms with E-state index >= 15 is 0 Å². The fourth-order valence-corrected chi connectivity index (χ4v) is 2.86. The second kappa shape index (κ2) is 6.60. The van der Waals surface area contributed by atoms with Crippen molar-refractivity contribution in [1.82, 2.24) is 14.8 Å². The van der Waals surface area contributed by atoms with Gasteiger partial charge in [-0.1, -0.05) is 0 Å². The number of nitrogens with zero attached hydrogens (tertiary/aromatic N) is 4. The Balaban J connectivity index is 1.73. The van der Waals surface area contributed by atoms with Crippen molar-refractivity contribution < 1.29 is 0 Å². The van der Waals surface area contributed by atoms with Gasteiger partial charge in [-0.2, -0.15) is 5.10 Å². The molecule has 0 bridgehead atoms. The highest BCUT2D eigenvalue weighted by Crippen LogP contribution is 2.22. The summed E-state index contributed by atoms with van der Waals surface area (Å²) in [5, 5.41) is 7.86. The SMILES string of the molecule is Cn1nc(N2CCCCC2CNc2ccncc2)ccc1=O. The van der Waals surface area contributed by atoms with Crippen LogP contribution in [0.5, 0.6) is 0 Å². The quantitative estimate of drug-likeness (QED) is 0.930. The van der Waals surface area contributed by atoms with E-state index in [4.69, 9.17) is 0 Å². The zero-order valence-electron chi connectivity index (χ0n) is 12.8. The van der Waals surface area contributed by atoms with Crippen LogP contribution < -0.4 is 15.8 Å². The Morgan fingerprint density at radius 1 is 1.23 bits per heavy atom. The average molecular weight is 299 g/mol. The van der Waals surface area contributed by atoms with Crippen molar-refractivity contribution in [2.24, 2.45) is 7.05 Å². The van der Waals surface area contributed by atoms with Gasteiger partial charge in [0.25, 0.3) is 5.56 Å². The second-order valence-corrected chi connectivity index (χ2v) is 5.61. The molecule has 0 aromatic carbocycles. The van der Waals surface area contributed by atoms with E-state index in [1.165, 1.54) is 11.1 Å². The van der Waals surface area contributed by atoms with E-state index in [9.17, 15) is 4.79 Å². The molecule has 1 aliphatic rings. The standard InChI is InChI=1S/C16H21N5O/c1-20-16(22)6-5-15(19-20)21-11-3-2-4-14(21)12-18-13-7-9-17-10-8-13/h5-10,14H,2-4,11-12H2,1H3,(H,17,18). The van der Waals surface area contributed by atoms with Crippen LogP contribution in [-0.2, 0) is 7.05 Å². The molecule has 1 N–H and O–H groups in total. The number of hydrogen-bond donors (Lipinski definition) is 1. The van der Waals surface area contributed by atoms with Gasteiger partial charge in [-0.25, -0.2) is 4.68 Å². The minimum atomic E-state index is -0.0766. The Morgan fingerprint density at radius 2 is 2.05 bits per heavy atom. The maximum atomic E-state index is 11.5. The summed E-state index contributed by atoms with van der Waals surface area (Å²) in [7, 11) is 1.69. The summed E-state index contributed by atoms with van der Waals surface area (Å²) in [5.41, 5.74) is 1.00. The van der Waals surface area contributed by atoms with Crippen LogP contribution in [0.2, 0.25) is 0 Å². The smallest absolute Gasteiger partial charge is 0.266 e. The number of nitrogens with one attached hydrogen (secondary N) is 1. The largest absolute Gasteiger partial charge is 0.383 e. The molecule has 1 saturated heterocycles. The normalized spacial score (nSPS) is 18.2. The molecule has 1 aliphatic heterocycles. The molecule has 1 fully saturated rings. The number of aromatic nitrogens is 3. The molecule has 2 aromatic rings. The fourth-order valence-electron chi connectivity index (χ4n) is 2.86. The molecule has 3 rings (SSSR count). The first kappa shape index (κ1) is 14.6. The van der Waals surface area contributed by atoms with Gasteiger partial charge in [-0.15, -0.1) is 0 Å². The van der Waals surface area contributed by atoms with Gasteiger partial charge < -0.3 is 10.2 Å². The van der Waals surface area contributed by atoms with Crippen LogP contribution in [0.1, 0.15) is 19.3 Å². The maximum Gasteiger partial charge on any atom is 0.266 e. The third-order valence-electron chi connectivity index (χ3n) is 4.09. The Labute approximate surface area is 129 Å². The summed E-state index contributed by atoms with van der Waals surface area (Å²) >= 11 is 0. The number of pyridine rings is 1. The molecule has 6 heteroatoms. The van der Waals surface area contributed by atoms with E-state index in [0.29, 0.717) is 6.04 Å². The lowest BCUT2D eigenvalue weighted by atomic mass is 10.0. The predicted octanol–water partition coefficient (Wildman–Crippen LogP) is 1.65. The van der Waals surface area contributed by atoms with E-state index in [-0.39, 0.29) is 5.56 Å². The number of rotatable bonds is 4. The van der Waals surface area contributed by atoms with E-state index < -0.39 is 0 Å². The highest BCUT2D eigenvalue weighted by Gasteiger charge is 2.23. The molecule has 1 unspecified atom stereocenters. The lowest BCUT2D eigenvalue weighted by molar-refractivity contribution is 0.464. The minimum absolute atomic E-state index is 0.0766. The van der Waals surface area contributed by atoms with Crippen LogP contribution in [0.15, 0.2) is 41.5 Å². The summed E-state index contributed by atoms with van der Waals surface area (Å²) in [5.74, 6) is 0.878. The second-order valence-electron chi connectivity index (χ2n) is 5.61. The van der Waals surface area contributed by atoms with Crippen molar-refractivity contribution in [2.75, 3.05) is 23.3 Å². The van der Waals surface area contributed by atoms with Crippen molar-refractivity contribution >= 4 is 11.5 Å². The summed E-state index contributed by atoms with van der Waals surface area (Å²) in [6, 6.07) is 7.74. The Morgan fingerprint density at radius 3 is 2.82 bits per heavy atom. The van der Waals surface area contributed by atoms with E-state index in [1.807, 2.05) is 18.2 Å². The van der Waals surface area contributed by atoms with Crippen molar-refractivity contribution in [3.8, 4) is 0 Å². The monoisotopic (exact) mass is 299 g/mol. The highest BCUT2D eigenvalue weighted by atomic mass is 16.1. The van der Waals surface area contributed by atoms with E-state index in [2.05, 4.69) is 20.3 Å². The molecule has 0 aliphatic carbocycles. The van der Waals surface area contributed by atoms with Gasteiger partial charge in [0.05, 0.1) is 0 Å². The molecule has 1 atom stereocenters. The van der Waals surface area contributed by atoms with E-state index in [1.54, 1.807) is 25.5 Å². The van der Waals surface area contributed by atoms with Crippen LogP contribution in [0.3, 0.4) is 0 Å². The van der Waals surface area contributed by atoms with Gasteiger partial charge in [0, 0.05) is 50.3 Å². The van der Waals surface area contributed by atoms with Crippen LogP contribution in [0.4, 0.5) is 11.5 Å². The molecule has 3 heterocycles. The minimum Gasteiger partial charge on any atom is -0.383 e. The number of aryl methyl sites for hydroxylation is 1.